The highest BCUT2D eigenvalue weighted by Gasteiger charge is 1.94. The van der Waals surface area contributed by atoms with Crippen LogP contribution in [0.25, 0.3) is 6.08 Å². The number of phenolic OH excluding ortho intramolecular Hbond substituents is 1. The van der Waals surface area contributed by atoms with Gasteiger partial charge in [0.05, 0.1) is 5.76 Å². The molecular formula is C9H12O3. The van der Waals surface area contributed by atoms with Gasteiger partial charge in [-0.15, -0.1) is 0 Å². The SMILES string of the molecule is CC(O)=Cc1ccccc1O.O. The van der Waals surface area contributed by atoms with Crippen LogP contribution < -0.4 is 0 Å². The number of para-hydroxylation sites is 1. The van der Waals surface area contributed by atoms with Crippen molar-refractivity contribution in [3.05, 3.63) is 35.6 Å². The van der Waals surface area contributed by atoms with Crippen LogP contribution in [0, 0.1) is 0 Å². The van der Waals surface area contributed by atoms with Crippen molar-refractivity contribution in [2.45, 2.75) is 6.92 Å². The lowest BCUT2D eigenvalue weighted by Crippen LogP contribution is -1.75. The molecule has 0 bridgehead atoms. The zero-order valence-electron chi connectivity index (χ0n) is 6.78. The number of aliphatic hydroxyl groups excluding tert-OH is 1. The van der Waals surface area contributed by atoms with E-state index in [2.05, 4.69) is 0 Å². The Hall–Kier alpha value is -1.48. The Balaban J connectivity index is 0.00000121. The summed E-state index contributed by atoms with van der Waals surface area (Å²) in [7, 11) is 0. The Kier molecular flexibility index (Phi) is 3.86. The van der Waals surface area contributed by atoms with E-state index in [4.69, 9.17) is 5.11 Å². The van der Waals surface area contributed by atoms with E-state index in [1.54, 1.807) is 31.2 Å². The highest BCUT2D eigenvalue weighted by molar-refractivity contribution is 5.57. The first-order valence-corrected chi connectivity index (χ1v) is 3.35. The summed E-state index contributed by atoms with van der Waals surface area (Å²) in [6.07, 6.45) is 1.51. The van der Waals surface area contributed by atoms with Crippen LogP contribution in [0.15, 0.2) is 30.0 Å². The lowest BCUT2D eigenvalue weighted by atomic mass is 10.2. The standard InChI is InChI=1S/C9H10O2.H2O/c1-7(10)6-8-4-2-3-5-9(8)11;/h2-6,10-11H,1H3;1H2. The summed E-state index contributed by atoms with van der Waals surface area (Å²) >= 11 is 0. The van der Waals surface area contributed by atoms with Crippen LogP contribution in [0.5, 0.6) is 5.75 Å². The predicted octanol–water partition coefficient (Wildman–Crippen LogP) is 1.49. The summed E-state index contributed by atoms with van der Waals surface area (Å²) in [4.78, 5) is 0. The molecule has 0 aliphatic heterocycles. The Morgan fingerprint density at radius 1 is 1.33 bits per heavy atom. The summed E-state index contributed by atoms with van der Waals surface area (Å²) < 4.78 is 0. The number of aromatic hydroxyl groups is 1. The minimum Gasteiger partial charge on any atom is -0.513 e. The molecule has 12 heavy (non-hydrogen) atoms. The average molecular weight is 168 g/mol. The second-order valence-corrected chi connectivity index (χ2v) is 2.34. The first-order valence-electron chi connectivity index (χ1n) is 3.35. The van der Waals surface area contributed by atoms with Crippen molar-refractivity contribution in [3.63, 3.8) is 0 Å². The molecule has 0 atom stereocenters. The summed E-state index contributed by atoms with van der Waals surface area (Å²) in [5, 5.41) is 18.1. The molecule has 1 aromatic rings. The Labute approximate surface area is 70.9 Å². The van der Waals surface area contributed by atoms with Gasteiger partial charge in [0.1, 0.15) is 5.75 Å². The van der Waals surface area contributed by atoms with Crippen molar-refractivity contribution >= 4 is 6.08 Å². The summed E-state index contributed by atoms with van der Waals surface area (Å²) in [5.41, 5.74) is 0.632. The maximum atomic E-state index is 9.20. The van der Waals surface area contributed by atoms with E-state index in [1.807, 2.05) is 0 Å². The summed E-state index contributed by atoms with van der Waals surface area (Å²) in [6.45, 7) is 1.56. The van der Waals surface area contributed by atoms with E-state index in [-0.39, 0.29) is 17.0 Å². The fraction of sp³-hybridized carbons (Fsp3) is 0.111. The minimum absolute atomic E-state index is 0. The zero-order valence-corrected chi connectivity index (χ0v) is 6.78. The minimum atomic E-state index is 0. The van der Waals surface area contributed by atoms with E-state index in [1.165, 1.54) is 6.08 Å². The molecule has 0 unspecified atom stereocenters. The van der Waals surface area contributed by atoms with Gasteiger partial charge in [0.25, 0.3) is 0 Å². The molecule has 4 N–H and O–H groups in total. The maximum absolute atomic E-state index is 9.20. The predicted molar refractivity (Wildman–Crippen MR) is 48.0 cm³/mol. The van der Waals surface area contributed by atoms with Crippen LogP contribution in [0.4, 0.5) is 0 Å². The molecule has 0 saturated heterocycles. The Morgan fingerprint density at radius 3 is 2.42 bits per heavy atom. The summed E-state index contributed by atoms with van der Waals surface area (Å²) in [6, 6.07) is 6.84. The smallest absolute Gasteiger partial charge is 0.122 e. The third kappa shape index (κ3) is 2.64. The van der Waals surface area contributed by atoms with Gasteiger partial charge in [-0.25, -0.2) is 0 Å². The van der Waals surface area contributed by atoms with Gasteiger partial charge in [0.15, 0.2) is 0 Å². The molecule has 1 rings (SSSR count). The maximum Gasteiger partial charge on any atom is 0.122 e. The van der Waals surface area contributed by atoms with E-state index < -0.39 is 0 Å². The molecule has 3 nitrogen and oxygen atoms in total. The number of allylic oxidation sites excluding steroid dienone is 1. The van der Waals surface area contributed by atoms with Gasteiger partial charge in [0.2, 0.25) is 0 Å². The molecule has 0 amide bonds. The number of rotatable bonds is 1. The molecule has 0 aliphatic carbocycles. The van der Waals surface area contributed by atoms with Crippen LogP contribution >= 0.6 is 0 Å². The lowest BCUT2D eigenvalue weighted by Gasteiger charge is -1.96. The average Bonchev–Trinajstić information content (AvgIpc) is 1.93. The molecule has 0 aromatic heterocycles. The molecule has 1 aromatic carbocycles. The number of benzene rings is 1. The largest absolute Gasteiger partial charge is 0.513 e. The van der Waals surface area contributed by atoms with Gasteiger partial charge in [-0.05, 0) is 19.1 Å². The normalized spacial score (nSPS) is 10.6. The Morgan fingerprint density at radius 2 is 1.92 bits per heavy atom. The highest BCUT2D eigenvalue weighted by Crippen LogP contribution is 2.17. The third-order valence-corrected chi connectivity index (χ3v) is 1.30. The molecule has 0 aliphatic rings. The van der Waals surface area contributed by atoms with Gasteiger partial charge in [-0.3, -0.25) is 0 Å². The van der Waals surface area contributed by atoms with Crippen molar-refractivity contribution in [1.29, 1.82) is 0 Å². The van der Waals surface area contributed by atoms with Gasteiger partial charge < -0.3 is 15.7 Å². The highest BCUT2D eigenvalue weighted by atomic mass is 16.3. The first kappa shape index (κ1) is 10.5. The summed E-state index contributed by atoms with van der Waals surface area (Å²) in [5.74, 6) is 0.368. The number of aliphatic hydroxyl groups is 1. The molecule has 3 heteroatoms. The third-order valence-electron chi connectivity index (χ3n) is 1.30. The molecule has 0 heterocycles. The van der Waals surface area contributed by atoms with Gasteiger partial charge in [-0.2, -0.15) is 0 Å². The van der Waals surface area contributed by atoms with E-state index >= 15 is 0 Å². The first-order chi connectivity index (χ1) is 5.20. The van der Waals surface area contributed by atoms with Crippen LogP contribution in [0.1, 0.15) is 12.5 Å². The molecule has 0 spiro atoms. The molecule has 0 saturated carbocycles. The lowest BCUT2D eigenvalue weighted by molar-refractivity contribution is 0.419. The van der Waals surface area contributed by atoms with Crippen LogP contribution in [-0.2, 0) is 0 Å². The zero-order chi connectivity index (χ0) is 8.27. The molecule has 66 valence electrons. The van der Waals surface area contributed by atoms with Crippen molar-refractivity contribution in [1.82, 2.24) is 0 Å². The quantitative estimate of drug-likeness (QED) is 0.623. The second kappa shape index (κ2) is 4.41. The van der Waals surface area contributed by atoms with Gasteiger partial charge >= 0.3 is 0 Å². The van der Waals surface area contributed by atoms with Crippen molar-refractivity contribution in [2.75, 3.05) is 0 Å². The number of hydrogen-bond donors (Lipinski definition) is 2. The van der Waals surface area contributed by atoms with Gasteiger partial charge in [-0.1, -0.05) is 18.2 Å². The molecule has 0 fully saturated rings. The van der Waals surface area contributed by atoms with Gasteiger partial charge in [0, 0.05) is 5.56 Å². The number of phenols is 1. The molecule has 0 radical (unpaired) electrons. The molecular weight excluding hydrogens is 156 g/mol. The topological polar surface area (TPSA) is 72.0 Å². The van der Waals surface area contributed by atoms with Crippen LogP contribution in [0.2, 0.25) is 0 Å². The van der Waals surface area contributed by atoms with E-state index in [0.29, 0.717) is 5.56 Å². The van der Waals surface area contributed by atoms with Crippen LogP contribution in [0.3, 0.4) is 0 Å². The fourth-order valence-electron chi connectivity index (χ4n) is 0.835. The van der Waals surface area contributed by atoms with E-state index in [0.717, 1.165) is 0 Å². The van der Waals surface area contributed by atoms with Crippen molar-refractivity contribution in [3.8, 4) is 5.75 Å². The van der Waals surface area contributed by atoms with Crippen molar-refractivity contribution in [2.24, 2.45) is 0 Å². The van der Waals surface area contributed by atoms with E-state index in [9.17, 15) is 5.11 Å². The Bertz CT molecular complexity index is 275. The van der Waals surface area contributed by atoms with Crippen molar-refractivity contribution < 1.29 is 15.7 Å². The van der Waals surface area contributed by atoms with Crippen LogP contribution in [-0.4, -0.2) is 15.7 Å². The number of hydrogen-bond acceptors (Lipinski definition) is 2. The second-order valence-electron chi connectivity index (χ2n) is 2.34. The fourth-order valence-corrected chi connectivity index (χ4v) is 0.835. The monoisotopic (exact) mass is 168 g/mol.